The number of rotatable bonds is 0. The Labute approximate surface area is 52.8 Å². The van der Waals surface area contributed by atoms with Crippen molar-refractivity contribution >= 4 is 0 Å². The monoisotopic (exact) mass is 184 g/mol. The van der Waals surface area contributed by atoms with Crippen LogP contribution in [0.1, 0.15) is 0 Å². The van der Waals surface area contributed by atoms with Gasteiger partial charge in [0.15, 0.2) is 0 Å². The van der Waals surface area contributed by atoms with Crippen LogP contribution >= 0.6 is 0 Å². The van der Waals surface area contributed by atoms with Gasteiger partial charge in [-0.05, 0) is 0 Å². The second-order valence-electron chi connectivity index (χ2n) is 0.408. The minimum atomic E-state index is -5.75. The van der Waals surface area contributed by atoms with E-state index in [2.05, 4.69) is 0 Å². The summed E-state index contributed by atoms with van der Waals surface area (Å²) in [5.74, 6) is 0. The molecule has 0 atom stereocenters. The van der Waals surface area contributed by atoms with Crippen LogP contribution in [0.5, 0.6) is 0 Å². The van der Waals surface area contributed by atoms with Crippen molar-refractivity contribution in [3.05, 3.63) is 0 Å². The van der Waals surface area contributed by atoms with Crippen molar-refractivity contribution in [2.24, 2.45) is 0 Å². The Balaban J connectivity index is -0.0000000800. The van der Waals surface area contributed by atoms with E-state index in [0.717, 1.165) is 0 Å². The van der Waals surface area contributed by atoms with Crippen molar-refractivity contribution in [1.82, 2.24) is 0 Å². The average Bonchev–Trinajstić information content (AvgIpc) is 0.722. The van der Waals surface area contributed by atoms with Crippen LogP contribution in [0.2, 0.25) is 0 Å². The van der Waals surface area contributed by atoms with Crippen LogP contribution in [0.3, 0.4) is 0 Å². The number of hydrogen-bond donors (Lipinski definition) is 0. The van der Waals surface area contributed by atoms with Gasteiger partial charge in [0.25, 0.3) is 0 Å². The molecule has 0 aliphatic carbocycles. The molecule has 5 nitrogen and oxygen atoms in total. The summed E-state index contributed by atoms with van der Waals surface area (Å²) >= 11 is -5.75. The van der Waals surface area contributed by atoms with E-state index in [0.29, 0.717) is 0 Å². The molecule has 0 amide bonds. The summed E-state index contributed by atoms with van der Waals surface area (Å²) in [7, 11) is 0. The van der Waals surface area contributed by atoms with Crippen molar-refractivity contribution in [3.8, 4) is 0 Å². The first-order chi connectivity index (χ1) is 2.00. The molecule has 0 heterocycles. The average molecular weight is 184 g/mol. The Bertz CT molecular complexity index is 89.2. The van der Waals surface area contributed by atoms with Crippen LogP contribution in [0.4, 0.5) is 0 Å². The topological polar surface area (TPSA) is 109 Å². The van der Waals surface area contributed by atoms with Gasteiger partial charge in [0, 0.05) is 0 Å². The number of hydrogen-bond acceptors (Lipinski definition) is 4. The van der Waals surface area contributed by atoms with E-state index in [4.69, 9.17) is 15.9 Å². The SMILES string of the molecule is [Cr+4].[O-2].[O]=[Cr](=[O])([O-])[O-]. The molecule has 7 heavy (non-hydrogen) atoms. The van der Waals surface area contributed by atoms with E-state index in [1.165, 1.54) is 0 Å². The molecule has 0 aromatic carbocycles. The van der Waals surface area contributed by atoms with Crippen LogP contribution in [0.15, 0.2) is 0 Å². The van der Waals surface area contributed by atoms with Gasteiger partial charge in [-0.3, -0.25) is 0 Å². The summed E-state index contributed by atoms with van der Waals surface area (Å²) in [6, 6.07) is 0. The Hall–Kier alpha value is 0.545. The fourth-order valence-electron chi connectivity index (χ4n) is 0. The van der Waals surface area contributed by atoms with Crippen molar-refractivity contribution in [1.29, 1.82) is 0 Å². The first-order valence-corrected chi connectivity index (χ1v) is 2.75. The molecule has 0 spiro atoms. The summed E-state index contributed by atoms with van der Waals surface area (Å²) < 4.78 is 34.4. The summed E-state index contributed by atoms with van der Waals surface area (Å²) in [4.78, 5) is 0. The van der Waals surface area contributed by atoms with Gasteiger partial charge >= 0.3 is 46.9 Å². The minimum absolute atomic E-state index is 0. The summed E-state index contributed by atoms with van der Waals surface area (Å²) in [6.07, 6.45) is 0. The van der Waals surface area contributed by atoms with Gasteiger partial charge in [-0.25, -0.2) is 0 Å². The van der Waals surface area contributed by atoms with E-state index in [1.54, 1.807) is 0 Å². The molecule has 0 aliphatic heterocycles. The first-order valence-electron chi connectivity index (χ1n) is 0.667. The second kappa shape index (κ2) is 4.70. The van der Waals surface area contributed by atoms with Gasteiger partial charge in [0.1, 0.15) is 0 Å². The maximum atomic E-state index is 8.59. The van der Waals surface area contributed by atoms with Gasteiger partial charge < -0.3 is 5.48 Å². The molecule has 0 rings (SSSR count). The molecule has 7 heteroatoms. The van der Waals surface area contributed by atoms with Gasteiger partial charge in [0.2, 0.25) is 0 Å². The zero-order chi connectivity index (χ0) is 4.50. The van der Waals surface area contributed by atoms with Crippen LogP contribution < -0.4 is 8.32 Å². The second-order valence-corrected chi connectivity index (χ2v) is 1.68. The maximum absolute atomic E-state index is 8.59. The molecular formula is Cr2O5. The third-order valence-corrected chi connectivity index (χ3v) is 0. The molecule has 0 unspecified atom stereocenters. The molecule has 0 saturated heterocycles. The summed E-state index contributed by atoms with van der Waals surface area (Å²) in [5.41, 5.74) is 0. The fourth-order valence-corrected chi connectivity index (χ4v) is 0. The zero-order valence-electron chi connectivity index (χ0n) is 2.86. The third-order valence-electron chi connectivity index (χ3n) is 0. The van der Waals surface area contributed by atoms with Crippen LogP contribution in [-0.4, -0.2) is 0 Å². The Kier molecular flexibility index (Phi) is 10.5. The van der Waals surface area contributed by atoms with E-state index in [9.17, 15) is 0 Å². The molecule has 0 saturated carbocycles. The molecule has 0 aromatic heterocycles. The molecule has 0 aliphatic rings. The van der Waals surface area contributed by atoms with Crippen molar-refractivity contribution in [3.63, 3.8) is 0 Å². The van der Waals surface area contributed by atoms with E-state index >= 15 is 0 Å². The standard InChI is InChI=1S/2Cr.5O/q;+4;;;-2;2*-1. The molecular weight excluding hydrogens is 184 g/mol. The third kappa shape index (κ3) is 455. The predicted octanol–water partition coefficient (Wildman–Crippen LogP) is -2.74. The van der Waals surface area contributed by atoms with Crippen LogP contribution in [0.25, 0.3) is 0 Å². The van der Waals surface area contributed by atoms with Crippen molar-refractivity contribution in [2.75, 3.05) is 0 Å². The Morgan fingerprint density at radius 3 is 1.14 bits per heavy atom. The fraction of sp³-hybridized carbons (Fsp3) is 0. The molecule has 0 radical (unpaired) electrons. The van der Waals surface area contributed by atoms with Gasteiger partial charge in [0.05, 0.1) is 0 Å². The molecule has 0 N–H and O–H groups in total. The Morgan fingerprint density at radius 2 is 1.14 bits per heavy atom. The first kappa shape index (κ1) is 15.6. The zero-order valence-corrected chi connectivity index (χ0v) is 5.41. The van der Waals surface area contributed by atoms with Crippen molar-refractivity contribution < 1.29 is 52.4 Å². The van der Waals surface area contributed by atoms with E-state index in [1.807, 2.05) is 0 Å². The summed E-state index contributed by atoms with van der Waals surface area (Å²) in [5, 5.41) is 0. The van der Waals surface area contributed by atoms with Crippen LogP contribution in [0, 0.1) is 0 Å². The van der Waals surface area contributed by atoms with Crippen molar-refractivity contribution in [2.45, 2.75) is 0 Å². The molecule has 0 aromatic rings. The van der Waals surface area contributed by atoms with Gasteiger partial charge in [-0.1, -0.05) is 0 Å². The molecule has 0 bridgehead atoms. The van der Waals surface area contributed by atoms with E-state index < -0.39 is 13.6 Å². The van der Waals surface area contributed by atoms with E-state index in [-0.39, 0.29) is 22.8 Å². The molecule has 0 fully saturated rings. The quantitative estimate of drug-likeness (QED) is 0.406. The van der Waals surface area contributed by atoms with Gasteiger partial charge in [-0.15, -0.1) is 0 Å². The predicted molar refractivity (Wildman–Crippen MR) is 2.06 cm³/mol. The Morgan fingerprint density at radius 1 is 1.14 bits per heavy atom. The van der Waals surface area contributed by atoms with Crippen LogP contribution in [-0.2, 0) is 44.1 Å². The van der Waals surface area contributed by atoms with Gasteiger partial charge in [-0.2, -0.15) is 0 Å². The normalized spacial score (nSPS) is 8.29. The molecule has 42 valence electrons. The summed E-state index contributed by atoms with van der Waals surface area (Å²) in [6.45, 7) is 0.